The van der Waals surface area contributed by atoms with Crippen LogP contribution in [0.3, 0.4) is 0 Å². The second-order valence-electron chi connectivity index (χ2n) is 7.60. The summed E-state index contributed by atoms with van der Waals surface area (Å²) in [5.74, 6) is 0.786. The van der Waals surface area contributed by atoms with Crippen molar-refractivity contribution < 1.29 is 13.2 Å². The predicted octanol–water partition coefficient (Wildman–Crippen LogP) is 4.82. The zero-order valence-corrected chi connectivity index (χ0v) is 19.7. The number of allylic oxidation sites excluding steroid dienone is 1. The molecule has 0 aliphatic carbocycles. The summed E-state index contributed by atoms with van der Waals surface area (Å²) in [6.45, 7) is 5.68. The van der Waals surface area contributed by atoms with Crippen LogP contribution in [0, 0.1) is 0 Å². The molecule has 0 amide bonds. The van der Waals surface area contributed by atoms with Gasteiger partial charge in [-0.05, 0) is 54.8 Å². The Balaban J connectivity index is 1.66. The number of benzene rings is 2. The summed E-state index contributed by atoms with van der Waals surface area (Å²) in [7, 11) is -1.80. The Morgan fingerprint density at radius 1 is 1.06 bits per heavy atom. The number of sulfonamides is 1. The molecule has 2 aromatic carbocycles. The van der Waals surface area contributed by atoms with E-state index in [4.69, 9.17) is 9.73 Å². The van der Waals surface area contributed by atoms with Gasteiger partial charge in [0.1, 0.15) is 5.75 Å². The first kappa shape index (κ1) is 22.5. The zero-order chi connectivity index (χ0) is 22.6. The van der Waals surface area contributed by atoms with Gasteiger partial charge in [-0.2, -0.15) is 4.31 Å². The maximum Gasteiger partial charge on any atom is 0.243 e. The summed E-state index contributed by atoms with van der Waals surface area (Å²) >= 11 is 1.54. The molecule has 0 atom stereocenters. The van der Waals surface area contributed by atoms with Gasteiger partial charge in [-0.15, -0.1) is 17.9 Å². The summed E-state index contributed by atoms with van der Waals surface area (Å²) < 4.78 is 34.8. The molecule has 1 saturated heterocycles. The summed E-state index contributed by atoms with van der Waals surface area (Å²) in [4.78, 5) is 5.96. The molecule has 0 spiro atoms. The highest BCUT2D eigenvalue weighted by molar-refractivity contribution is 7.89. The standard InChI is InChI=1S/C24H27N3O3S2/c1-3-15-27-23(18-31-24(27)25-20-9-11-21(30-2)12-10-20)19-7-13-22(14-8-19)32(28,29)26-16-5-4-6-17-26/h3,7-14,18H,1,4-6,15-17H2,2H3. The van der Waals surface area contributed by atoms with E-state index in [9.17, 15) is 8.42 Å². The van der Waals surface area contributed by atoms with Crippen LogP contribution in [-0.2, 0) is 16.6 Å². The predicted molar refractivity (Wildman–Crippen MR) is 129 cm³/mol. The van der Waals surface area contributed by atoms with Crippen molar-refractivity contribution in [1.82, 2.24) is 8.87 Å². The molecule has 8 heteroatoms. The van der Waals surface area contributed by atoms with E-state index in [0.29, 0.717) is 24.5 Å². The normalized spacial score (nSPS) is 15.6. The highest BCUT2D eigenvalue weighted by atomic mass is 32.2. The van der Waals surface area contributed by atoms with Gasteiger partial charge in [0, 0.05) is 25.0 Å². The average Bonchev–Trinajstić information content (AvgIpc) is 3.22. The second kappa shape index (κ2) is 9.85. The summed E-state index contributed by atoms with van der Waals surface area (Å²) in [5.41, 5.74) is 2.75. The lowest BCUT2D eigenvalue weighted by Gasteiger charge is -2.25. The van der Waals surface area contributed by atoms with E-state index < -0.39 is 10.0 Å². The van der Waals surface area contributed by atoms with Crippen molar-refractivity contribution in [1.29, 1.82) is 0 Å². The lowest BCUT2D eigenvalue weighted by Crippen LogP contribution is -2.35. The third-order valence-corrected chi connectivity index (χ3v) is 8.29. The number of hydrogen-bond acceptors (Lipinski definition) is 5. The Bertz CT molecular complexity index is 1230. The number of methoxy groups -OCH3 is 1. The van der Waals surface area contributed by atoms with Gasteiger partial charge >= 0.3 is 0 Å². The first-order valence-electron chi connectivity index (χ1n) is 10.6. The molecule has 0 saturated carbocycles. The van der Waals surface area contributed by atoms with Crippen LogP contribution < -0.4 is 9.54 Å². The van der Waals surface area contributed by atoms with E-state index in [2.05, 4.69) is 11.1 Å². The molecule has 1 aliphatic rings. The van der Waals surface area contributed by atoms with Gasteiger partial charge in [0.25, 0.3) is 0 Å². The molecule has 0 bridgehead atoms. The molecule has 4 rings (SSSR count). The van der Waals surface area contributed by atoms with E-state index >= 15 is 0 Å². The van der Waals surface area contributed by atoms with Crippen molar-refractivity contribution in [2.24, 2.45) is 4.99 Å². The van der Waals surface area contributed by atoms with E-state index in [1.54, 1.807) is 23.5 Å². The van der Waals surface area contributed by atoms with Crippen LogP contribution in [0.25, 0.3) is 11.3 Å². The number of rotatable bonds is 7. The lowest BCUT2D eigenvalue weighted by molar-refractivity contribution is 0.346. The highest BCUT2D eigenvalue weighted by Gasteiger charge is 2.25. The summed E-state index contributed by atoms with van der Waals surface area (Å²) in [6, 6.07) is 14.7. The van der Waals surface area contributed by atoms with Gasteiger partial charge in [0.15, 0.2) is 4.80 Å². The quantitative estimate of drug-likeness (QED) is 0.466. The van der Waals surface area contributed by atoms with Crippen LogP contribution in [-0.4, -0.2) is 37.5 Å². The van der Waals surface area contributed by atoms with Crippen molar-refractivity contribution in [3.8, 4) is 17.0 Å². The average molecular weight is 470 g/mol. The molecule has 3 aromatic rings. The molecule has 6 nitrogen and oxygen atoms in total. The largest absolute Gasteiger partial charge is 0.497 e. The molecule has 1 fully saturated rings. The van der Waals surface area contributed by atoms with E-state index in [-0.39, 0.29) is 0 Å². The minimum absolute atomic E-state index is 0.344. The lowest BCUT2D eigenvalue weighted by atomic mass is 10.2. The van der Waals surface area contributed by atoms with Gasteiger partial charge in [-0.1, -0.05) is 24.6 Å². The number of piperidine rings is 1. The van der Waals surface area contributed by atoms with Crippen LogP contribution in [0.2, 0.25) is 0 Å². The van der Waals surface area contributed by atoms with Crippen molar-refractivity contribution >= 4 is 27.0 Å². The SMILES string of the molecule is C=CCn1c(-c2ccc(S(=O)(=O)N3CCCCC3)cc2)csc1=Nc1ccc(OC)cc1. The molecule has 1 aliphatic heterocycles. The third-order valence-electron chi connectivity index (χ3n) is 5.51. The number of nitrogens with zero attached hydrogens (tertiary/aromatic N) is 3. The maximum absolute atomic E-state index is 12.9. The van der Waals surface area contributed by atoms with E-state index in [0.717, 1.165) is 46.8 Å². The molecule has 0 radical (unpaired) electrons. The number of thiazole rings is 1. The number of aromatic nitrogens is 1. The van der Waals surface area contributed by atoms with Gasteiger partial charge in [0.2, 0.25) is 10.0 Å². The molecular formula is C24H27N3O3S2. The molecule has 0 N–H and O–H groups in total. The maximum atomic E-state index is 12.9. The smallest absolute Gasteiger partial charge is 0.243 e. The fraction of sp³-hybridized carbons (Fsp3) is 0.292. The minimum atomic E-state index is -3.44. The van der Waals surface area contributed by atoms with Gasteiger partial charge in [-0.3, -0.25) is 0 Å². The Morgan fingerprint density at radius 2 is 1.75 bits per heavy atom. The van der Waals surface area contributed by atoms with Gasteiger partial charge < -0.3 is 9.30 Å². The van der Waals surface area contributed by atoms with Crippen LogP contribution >= 0.6 is 11.3 Å². The first-order valence-corrected chi connectivity index (χ1v) is 12.9. The molecule has 32 heavy (non-hydrogen) atoms. The molecule has 168 valence electrons. The van der Waals surface area contributed by atoms with Gasteiger partial charge in [-0.25, -0.2) is 13.4 Å². The van der Waals surface area contributed by atoms with Crippen molar-refractivity contribution in [2.75, 3.05) is 20.2 Å². The summed E-state index contributed by atoms with van der Waals surface area (Å²) in [6.07, 6.45) is 4.78. The van der Waals surface area contributed by atoms with Crippen molar-refractivity contribution in [3.05, 3.63) is 71.4 Å². The van der Waals surface area contributed by atoms with E-state index in [1.165, 1.54) is 11.3 Å². The monoisotopic (exact) mass is 469 g/mol. The van der Waals surface area contributed by atoms with Crippen LogP contribution in [0.5, 0.6) is 5.75 Å². The topological polar surface area (TPSA) is 63.9 Å². The van der Waals surface area contributed by atoms with Gasteiger partial charge in [0.05, 0.1) is 23.4 Å². The Kier molecular flexibility index (Phi) is 6.93. The molecular weight excluding hydrogens is 442 g/mol. The van der Waals surface area contributed by atoms with Crippen molar-refractivity contribution in [2.45, 2.75) is 30.7 Å². The fourth-order valence-corrected chi connectivity index (χ4v) is 6.23. The zero-order valence-electron chi connectivity index (χ0n) is 18.1. The molecule has 0 unspecified atom stereocenters. The highest BCUT2D eigenvalue weighted by Crippen LogP contribution is 2.26. The fourth-order valence-electron chi connectivity index (χ4n) is 3.77. The Labute approximate surface area is 193 Å². The molecule has 1 aromatic heterocycles. The number of hydrogen-bond donors (Lipinski definition) is 0. The first-order chi connectivity index (χ1) is 15.5. The van der Waals surface area contributed by atoms with Crippen LogP contribution in [0.1, 0.15) is 19.3 Å². The Morgan fingerprint density at radius 3 is 2.38 bits per heavy atom. The summed E-state index contributed by atoms with van der Waals surface area (Å²) in [5, 5.41) is 2.04. The molecule has 2 heterocycles. The van der Waals surface area contributed by atoms with E-state index in [1.807, 2.05) is 47.9 Å². The van der Waals surface area contributed by atoms with Crippen molar-refractivity contribution in [3.63, 3.8) is 0 Å². The van der Waals surface area contributed by atoms with Crippen LogP contribution in [0.4, 0.5) is 5.69 Å². The van der Waals surface area contributed by atoms with Crippen LogP contribution in [0.15, 0.2) is 76.5 Å². The Hall–Kier alpha value is -2.68. The second-order valence-corrected chi connectivity index (χ2v) is 10.4. The number of ether oxygens (including phenoxy) is 1. The minimum Gasteiger partial charge on any atom is -0.497 e. The third kappa shape index (κ3) is 4.72.